The quantitative estimate of drug-likeness (QED) is 0.543. The molecule has 13 heavy (non-hydrogen) atoms. The standard InChI is InChI=1S/C10H8BNO/c1-7-6-8-4-2-3-5-9(8)10(13)12(7)11/h2-6H,1H3. The molecule has 0 aliphatic carbocycles. The van der Waals surface area contributed by atoms with Gasteiger partial charge in [0.2, 0.25) is 13.5 Å². The first-order valence-corrected chi connectivity index (χ1v) is 4.06. The Bertz CT molecular complexity index is 516. The maximum absolute atomic E-state index is 11.6. The van der Waals surface area contributed by atoms with Crippen molar-refractivity contribution in [3.8, 4) is 0 Å². The highest BCUT2D eigenvalue weighted by Crippen LogP contribution is 2.09. The van der Waals surface area contributed by atoms with Crippen molar-refractivity contribution in [2.45, 2.75) is 6.92 Å². The van der Waals surface area contributed by atoms with E-state index in [0.29, 0.717) is 5.39 Å². The van der Waals surface area contributed by atoms with Crippen LogP contribution in [0, 0.1) is 6.92 Å². The summed E-state index contributed by atoms with van der Waals surface area (Å²) in [6.07, 6.45) is 0. The molecule has 1 aromatic heterocycles. The van der Waals surface area contributed by atoms with Gasteiger partial charge in [0.25, 0.3) is 0 Å². The molecular formula is C10H8BNO. The van der Waals surface area contributed by atoms with E-state index in [2.05, 4.69) is 0 Å². The van der Waals surface area contributed by atoms with Crippen molar-refractivity contribution >= 4 is 18.8 Å². The molecule has 62 valence electrons. The zero-order valence-corrected chi connectivity index (χ0v) is 7.32. The smallest absolute Gasteiger partial charge is 0.245 e. The lowest BCUT2D eigenvalue weighted by atomic mass is 10.1. The molecular weight excluding hydrogens is 161 g/mol. The number of pyridine rings is 1. The summed E-state index contributed by atoms with van der Waals surface area (Å²) >= 11 is 0. The van der Waals surface area contributed by atoms with Crippen LogP contribution in [0.25, 0.3) is 10.8 Å². The van der Waals surface area contributed by atoms with Crippen LogP contribution >= 0.6 is 0 Å². The Morgan fingerprint density at radius 2 is 2.00 bits per heavy atom. The van der Waals surface area contributed by atoms with Crippen molar-refractivity contribution in [3.05, 3.63) is 46.4 Å². The normalized spacial score (nSPS) is 10.5. The van der Waals surface area contributed by atoms with Gasteiger partial charge in [-0.25, -0.2) is 0 Å². The Balaban J connectivity index is 3.03. The summed E-state index contributed by atoms with van der Waals surface area (Å²) in [5.74, 6) is 0. The Hall–Kier alpha value is -1.51. The first-order valence-electron chi connectivity index (χ1n) is 4.06. The monoisotopic (exact) mass is 169 g/mol. The number of nitrogens with zero attached hydrogens (tertiary/aromatic N) is 1. The van der Waals surface area contributed by atoms with Gasteiger partial charge in [-0.1, -0.05) is 18.2 Å². The lowest BCUT2D eigenvalue weighted by Crippen LogP contribution is -2.20. The van der Waals surface area contributed by atoms with Gasteiger partial charge >= 0.3 is 0 Å². The average molecular weight is 169 g/mol. The fourth-order valence-electron chi connectivity index (χ4n) is 1.40. The van der Waals surface area contributed by atoms with Gasteiger partial charge in [0, 0.05) is 11.1 Å². The van der Waals surface area contributed by atoms with E-state index < -0.39 is 0 Å². The van der Waals surface area contributed by atoms with Crippen LogP contribution in [0.4, 0.5) is 0 Å². The van der Waals surface area contributed by atoms with E-state index in [4.69, 9.17) is 7.98 Å². The van der Waals surface area contributed by atoms with Gasteiger partial charge in [-0.3, -0.25) is 4.79 Å². The molecule has 2 radical (unpaired) electrons. The number of hydrogen-bond acceptors (Lipinski definition) is 1. The summed E-state index contributed by atoms with van der Waals surface area (Å²) in [6.45, 7) is 1.81. The van der Waals surface area contributed by atoms with E-state index in [1.54, 1.807) is 6.07 Å². The summed E-state index contributed by atoms with van der Waals surface area (Å²) in [7, 11) is 5.55. The highest BCUT2D eigenvalue weighted by Gasteiger charge is 2.00. The number of hydrogen-bond donors (Lipinski definition) is 0. The predicted octanol–water partition coefficient (Wildman–Crippen LogP) is 1.24. The van der Waals surface area contributed by atoms with Crippen molar-refractivity contribution in [3.63, 3.8) is 0 Å². The van der Waals surface area contributed by atoms with Crippen LogP contribution in [0.1, 0.15) is 5.69 Å². The van der Waals surface area contributed by atoms with Gasteiger partial charge in [0.15, 0.2) is 0 Å². The van der Waals surface area contributed by atoms with E-state index >= 15 is 0 Å². The number of aryl methyl sites for hydroxylation is 1. The molecule has 0 saturated heterocycles. The van der Waals surface area contributed by atoms with Crippen LogP contribution in [0.3, 0.4) is 0 Å². The molecule has 0 unspecified atom stereocenters. The van der Waals surface area contributed by atoms with Crippen molar-refractivity contribution in [1.29, 1.82) is 0 Å². The zero-order chi connectivity index (χ0) is 9.42. The lowest BCUT2D eigenvalue weighted by Gasteiger charge is -2.05. The molecule has 0 bridgehead atoms. The summed E-state index contributed by atoms with van der Waals surface area (Å²) in [5.41, 5.74) is 0.624. The van der Waals surface area contributed by atoms with E-state index in [-0.39, 0.29) is 5.56 Å². The van der Waals surface area contributed by atoms with Crippen LogP contribution in [-0.2, 0) is 0 Å². The van der Waals surface area contributed by atoms with Crippen LogP contribution < -0.4 is 5.56 Å². The SMILES string of the molecule is [B]n1c(C)cc2ccccc2c1=O. The van der Waals surface area contributed by atoms with Crippen LogP contribution in [0.15, 0.2) is 35.1 Å². The topological polar surface area (TPSA) is 22.0 Å². The molecule has 0 saturated carbocycles. The Morgan fingerprint density at radius 1 is 1.31 bits per heavy atom. The van der Waals surface area contributed by atoms with E-state index in [0.717, 1.165) is 11.1 Å². The molecule has 0 spiro atoms. The van der Waals surface area contributed by atoms with E-state index in [1.807, 2.05) is 31.2 Å². The molecule has 0 atom stereocenters. The van der Waals surface area contributed by atoms with Crippen molar-refractivity contribution in [2.75, 3.05) is 0 Å². The van der Waals surface area contributed by atoms with Gasteiger partial charge in [-0.2, -0.15) is 0 Å². The molecule has 0 N–H and O–H groups in total. The molecule has 3 heteroatoms. The Labute approximate surface area is 77.2 Å². The number of aromatic nitrogens is 1. The zero-order valence-electron chi connectivity index (χ0n) is 7.32. The summed E-state index contributed by atoms with van der Waals surface area (Å²) in [6, 6.07) is 9.32. The Kier molecular flexibility index (Phi) is 1.73. The first kappa shape index (κ1) is 8.11. The largest absolute Gasteiger partial charge is 0.369 e. The van der Waals surface area contributed by atoms with Crippen LogP contribution in [0.2, 0.25) is 0 Å². The van der Waals surface area contributed by atoms with Crippen LogP contribution in [-0.4, -0.2) is 12.5 Å². The molecule has 0 fully saturated rings. The third-order valence-electron chi connectivity index (χ3n) is 2.15. The van der Waals surface area contributed by atoms with E-state index in [1.165, 1.54) is 4.48 Å². The maximum atomic E-state index is 11.6. The highest BCUT2D eigenvalue weighted by molar-refractivity contribution is 6.07. The van der Waals surface area contributed by atoms with Crippen LogP contribution in [0.5, 0.6) is 0 Å². The second-order valence-corrected chi connectivity index (χ2v) is 3.05. The second kappa shape index (κ2) is 2.77. The third kappa shape index (κ3) is 1.17. The predicted molar refractivity (Wildman–Crippen MR) is 54.1 cm³/mol. The third-order valence-corrected chi connectivity index (χ3v) is 2.15. The molecule has 0 aliphatic heterocycles. The maximum Gasteiger partial charge on any atom is 0.245 e. The highest BCUT2D eigenvalue weighted by atomic mass is 16.1. The molecule has 0 amide bonds. The number of benzene rings is 1. The molecule has 1 heterocycles. The van der Waals surface area contributed by atoms with Gasteiger partial charge in [-0.15, -0.1) is 0 Å². The lowest BCUT2D eigenvalue weighted by molar-refractivity contribution is 1.07. The van der Waals surface area contributed by atoms with Crippen molar-refractivity contribution in [1.82, 2.24) is 4.48 Å². The fourth-order valence-corrected chi connectivity index (χ4v) is 1.40. The average Bonchev–Trinajstić information content (AvgIpc) is 2.15. The Morgan fingerprint density at radius 3 is 2.77 bits per heavy atom. The van der Waals surface area contributed by atoms with Gasteiger partial charge < -0.3 is 4.48 Å². The van der Waals surface area contributed by atoms with E-state index in [9.17, 15) is 4.79 Å². The first-order chi connectivity index (χ1) is 6.20. The minimum Gasteiger partial charge on any atom is -0.369 e. The molecule has 0 aliphatic rings. The second-order valence-electron chi connectivity index (χ2n) is 3.05. The van der Waals surface area contributed by atoms with Gasteiger partial charge in [-0.05, 0) is 24.4 Å². The van der Waals surface area contributed by atoms with Gasteiger partial charge in [0.05, 0.1) is 0 Å². The molecule has 2 nitrogen and oxygen atoms in total. The van der Waals surface area contributed by atoms with Gasteiger partial charge in [0.1, 0.15) is 0 Å². The molecule has 2 rings (SSSR count). The minimum absolute atomic E-state index is 0.143. The summed E-state index contributed by atoms with van der Waals surface area (Å²) in [4.78, 5) is 11.6. The summed E-state index contributed by atoms with van der Waals surface area (Å²) < 4.78 is 1.17. The van der Waals surface area contributed by atoms with Crippen molar-refractivity contribution < 1.29 is 0 Å². The molecule has 1 aromatic carbocycles. The number of rotatable bonds is 0. The fraction of sp³-hybridized carbons (Fsp3) is 0.100. The number of fused-ring (bicyclic) bond motifs is 1. The van der Waals surface area contributed by atoms with Crippen molar-refractivity contribution in [2.24, 2.45) is 0 Å². The summed E-state index contributed by atoms with van der Waals surface area (Å²) in [5, 5.41) is 1.60. The minimum atomic E-state index is -0.143. The molecule has 2 aromatic rings.